The van der Waals surface area contributed by atoms with Gasteiger partial charge in [-0.2, -0.15) is 0 Å². The van der Waals surface area contributed by atoms with E-state index < -0.39 is 0 Å². The number of fused-ring (bicyclic) bond motifs is 1. The highest BCUT2D eigenvalue weighted by molar-refractivity contribution is 7.13. The predicted molar refractivity (Wildman–Crippen MR) is 112 cm³/mol. The molecular formula is C22H17ClN2OS. The number of aromatic nitrogens is 1. The van der Waals surface area contributed by atoms with Gasteiger partial charge in [0.15, 0.2) is 0 Å². The molecule has 1 amide bonds. The average molecular weight is 393 g/mol. The van der Waals surface area contributed by atoms with E-state index in [-0.39, 0.29) is 5.91 Å². The van der Waals surface area contributed by atoms with Crippen LogP contribution >= 0.6 is 22.9 Å². The van der Waals surface area contributed by atoms with Crippen molar-refractivity contribution in [2.45, 2.75) is 13.5 Å². The highest BCUT2D eigenvalue weighted by atomic mass is 35.5. The van der Waals surface area contributed by atoms with Gasteiger partial charge in [-0.1, -0.05) is 54.1 Å². The van der Waals surface area contributed by atoms with E-state index in [0.717, 1.165) is 32.6 Å². The largest absolute Gasteiger partial charge is 0.348 e. The van der Waals surface area contributed by atoms with Gasteiger partial charge >= 0.3 is 0 Å². The molecule has 3 nitrogen and oxygen atoms in total. The van der Waals surface area contributed by atoms with E-state index in [9.17, 15) is 4.79 Å². The molecule has 27 heavy (non-hydrogen) atoms. The van der Waals surface area contributed by atoms with Gasteiger partial charge in [-0.15, -0.1) is 11.3 Å². The number of aryl methyl sites for hydroxylation is 1. The fraction of sp³-hybridized carbons (Fsp3) is 0.0909. The van der Waals surface area contributed by atoms with E-state index >= 15 is 0 Å². The van der Waals surface area contributed by atoms with Crippen LogP contribution in [0, 0.1) is 6.92 Å². The Kier molecular flexibility index (Phi) is 4.92. The summed E-state index contributed by atoms with van der Waals surface area (Å²) in [5.41, 5.74) is 4.09. The molecule has 2 aromatic heterocycles. The van der Waals surface area contributed by atoms with Crippen LogP contribution in [0.25, 0.3) is 21.5 Å². The molecule has 5 heteroatoms. The fourth-order valence-corrected chi connectivity index (χ4v) is 3.85. The molecule has 0 saturated carbocycles. The van der Waals surface area contributed by atoms with Gasteiger partial charge in [0.25, 0.3) is 5.91 Å². The predicted octanol–water partition coefficient (Wildman–Crippen LogP) is 5.86. The lowest BCUT2D eigenvalue weighted by Crippen LogP contribution is -2.23. The summed E-state index contributed by atoms with van der Waals surface area (Å²) in [4.78, 5) is 18.8. The van der Waals surface area contributed by atoms with Gasteiger partial charge in [-0.25, -0.2) is 4.98 Å². The minimum Gasteiger partial charge on any atom is -0.348 e. The molecule has 0 aliphatic carbocycles. The van der Waals surface area contributed by atoms with Gasteiger partial charge in [0.1, 0.15) is 0 Å². The molecule has 4 aromatic rings. The van der Waals surface area contributed by atoms with E-state index in [4.69, 9.17) is 16.6 Å². The molecule has 0 bridgehead atoms. The lowest BCUT2D eigenvalue weighted by atomic mass is 10.0. The second kappa shape index (κ2) is 7.51. The van der Waals surface area contributed by atoms with Crippen LogP contribution in [-0.2, 0) is 6.54 Å². The number of amides is 1. The zero-order valence-corrected chi connectivity index (χ0v) is 16.3. The van der Waals surface area contributed by atoms with E-state index in [0.29, 0.717) is 17.1 Å². The number of carbonyl (C=O) groups excluding carboxylic acids is 1. The van der Waals surface area contributed by atoms with E-state index in [1.54, 1.807) is 11.3 Å². The standard InChI is InChI=1S/C22H17ClN2OS/c1-14-18(23)10-9-16-17(22(26)24-13-15-6-3-2-4-7-15)12-19(25-21(14)16)20-8-5-11-27-20/h2-12H,13H2,1H3,(H,24,26). The number of thiophene rings is 1. The number of halogens is 1. The van der Waals surface area contributed by atoms with Gasteiger partial charge in [0.05, 0.1) is 21.7 Å². The number of hydrogen-bond donors (Lipinski definition) is 1. The van der Waals surface area contributed by atoms with Gasteiger partial charge in [-0.3, -0.25) is 4.79 Å². The van der Waals surface area contributed by atoms with Crippen molar-refractivity contribution in [3.63, 3.8) is 0 Å². The molecule has 2 heterocycles. The molecular weight excluding hydrogens is 376 g/mol. The maximum Gasteiger partial charge on any atom is 0.252 e. The van der Waals surface area contributed by atoms with Crippen LogP contribution in [0.2, 0.25) is 5.02 Å². The highest BCUT2D eigenvalue weighted by Gasteiger charge is 2.16. The molecule has 0 atom stereocenters. The Morgan fingerprint density at radius 2 is 1.93 bits per heavy atom. The third kappa shape index (κ3) is 3.59. The Hall–Kier alpha value is -2.69. The van der Waals surface area contributed by atoms with Crippen molar-refractivity contribution < 1.29 is 4.79 Å². The Morgan fingerprint density at radius 1 is 1.11 bits per heavy atom. The smallest absolute Gasteiger partial charge is 0.252 e. The van der Waals surface area contributed by atoms with Crippen molar-refractivity contribution in [1.82, 2.24) is 10.3 Å². The van der Waals surface area contributed by atoms with Crippen LogP contribution in [0.1, 0.15) is 21.5 Å². The summed E-state index contributed by atoms with van der Waals surface area (Å²) in [6.07, 6.45) is 0. The molecule has 2 aromatic carbocycles. The van der Waals surface area contributed by atoms with Crippen LogP contribution in [0.3, 0.4) is 0 Å². The van der Waals surface area contributed by atoms with Crippen LogP contribution < -0.4 is 5.32 Å². The van der Waals surface area contributed by atoms with Crippen LogP contribution in [-0.4, -0.2) is 10.9 Å². The first-order valence-corrected chi connectivity index (χ1v) is 9.85. The minimum absolute atomic E-state index is 0.120. The fourth-order valence-electron chi connectivity index (χ4n) is 3.02. The van der Waals surface area contributed by atoms with Gasteiger partial charge in [0, 0.05) is 17.0 Å². The molecule has 1 N–H and O–H groups in total. The second-order valence-corrected chi connectivity index (χ2v) is 7.62. The first-order valence-electron chi connectivity index (χ1n) is 8.59. The summed E-state index contributed by atoms with van der Waals surface area (Å²) in [6.45, 7) is 2.41. The third-order valence-corrected chi connectivity index (χ3v) is 5.78. The molecule has 0 saturated heterocycles. The summed E-state index contributed by atoms with van der Waals surface area (Å²) in [6, 6.07) is 19.4. The molecule has 0 spiro atoms. The van der Waals surface area contributed by atoms with Crippen LogP contribution in [0.15, 0.2) is 66.0 Å². The SMILES string of the molecule is Cc1c(Cl)ccc2c(C(=O)NCc3ccccc3)cc(-c3cccs3)nc12. The normalized spacial score (nSPS) is 10.9. The summed E-state index contributed by atoms with van der Waals surface area (Å²) >= 11 is 7.90. The Labute approximate surface area is 166 Å². The number of nitrogens with one attached hydrogen (secondary N) is 1. The van der Waals surface area contributed by atoms with Crippen LogP contribution in [0.4, 0.5) is 0 Å². The second-order valence-electron chi connectivity index (χ2n) is 6.27. The first kappa shape index (κ1) is 17.7. The highest BCUT2D eigenvalue weighted by Crippen LogP contribution is 2.31. The van der Waals surface area contributed by atoms with E-state index in [2.05, 4.69) is 5.32 Å². The third-order valence-electron chi connectivity index (χ3n) is 4.48. The molecule has 0 aliphatic heterocycles. The monoisotopic (exact) mass is 392 g/mol. The van der Waals surface area contributed by atoms with Crippen molar-refractivity contribution in [1.29, 1.82) is 0 Å². The Bertz CT molecular complexity index is 1110. The number of rotatable bonds is 4. The number of hydrogen-bond acceptors (Lipinski definition) is 3. The summed E-state index contributed by atoms with van der Waals surface area (Å²) < 4.78 is 0. The van der Waals surface area contributed by atoms with E-state index in [1.165, 1.54) is 0 Å². The van der Waals surface area contributed by atoms with Gasteiger partial charge in [-0.05, 0) is 41.6 Å². The minimum atomic E-state index is -0.120. The average Bonchev–Trinajstić information content (AvgIpc) is 3.24. The van der Waals surface area contributed by atoms with Crippen molar-refractivity contribution >= 4 is 39.7 Å². The number of nitrogens with zero attached hydrogens (tertiary/aromatic N) is 1. The maximum absolute atomic E-state index is 13.0. The van der Waals surface area contributed by atoms with Crippen molar-refractivity contribution in [2.75, 3.05) is 0 Å². The lowest BCUT2D eigenvalue weighted by Gasteiger charge is -2.12. The molecule has 134 valence electrons. The van der Waals surface area contributed by atoms with Crippen molar-refractivity contribution in [3.8, 4) is 10.6 Å². The molecule has 0 aliphatic rings. The summed E-state index contributed by atoms with van der Waals surface area (Å²) in [7, 11) is 0. The zero-order valence-electron chi connectivity index (χ0n) is 14.7. The lowest BCUT2D eigenvalue weighted by molar-refractivity contribution is 0.0952. The van der Waals surface area contributed by atoms with Crippen molar-refractivity contribution in [2.24, 2.45) is 0 Å². The molecule has 0 radical (unpaired) electrons. The van der Waals surface area contributed by atoms with E-state index in [1.807, 2.05) is 73.0 Å². The zero-order chi connectivity index (χ0) is 18.8. The number of carbonyl (C=O) groups is 1. The molecule has 4 rings (SSSR count). The first-order chi connectivity index (χ1) is 13.1. The maximum atomic E-state index is 13.0. The number of pyridine rings is 1. The Morgan fingerprint density at radius 3 is 2.67 bits per heavy atom. The quantitative estimate of drug-likeness (QED) is 0.473. The number of benzene rings is 2. The van der Waals surface area contributed by atoms with Crippen molar-refractivity contribution in [3.05, 3.63) is 87.8 Å². The summed E-state index contributed by atoms with van der Waals surface area (Å²) in [5.74, 6) is -0.120. The van der Waals surface area contributed by atoms with Crippen LogP contribution in [0.5, 0.6) is 0 Å². The van der Waals surface area contributed by atoms with Gasteiger partial charge < -0.3 is 5.32 Å². The van der Waals surface area contributed by atoms with Gasteiger partial charge in [0.2, 0.25) is 0 Å². The molecule has 0 fully saturated rings. The summed E-state index contributed by atoms with van der Waals surface area (Å²) in [5, 5.41) is 6.47. The molecule has 0 unspecified atom stereocenters. The topological polar surface area (TPSA) is 42.0 Å². The Balaban J connectivity index is 1.78.